The Bertz CT molecular complexity index is 552. The van der Waals surface area contributed by atoms with Crippen LogP contribution in [0.5, 0.6) is 0 Å². The van der Waals surface area contributed by atoms with Gasteiger partial charge in [0.05, 0.1) is 37.0 Å². The molecule has 1 N–H and O–H groups in total. The predicted molar refractivity (Wildman–Crippen MR) is 88.5 cm³/mol. The smallest absolute Gasteiger partial charge is 0.239 e. The fourth-order valence-corrected chi connectivity index (χ4v) is 3.54. The number of thiazole rings is 1. The van der Waals surface area contributed by atoms with Crippen molar-refractivity contribution >= 4 is 23.2 Å². The van der Waals surface area contributed by atoms with E-state index in [1.165, 1.54) is 11.3 Å². The van der Waals surface area contributed by atoms with E-state index in [1.54, 1.807) is 10.4 Å². The molecule has 2 fully saturated rings. The molecular weight excluding hydrogens is 330 g/mol. The molecule has 3 rings (SSSR count). The number of nitrogens with one attached hydrogen (secondary N) is 1. The number of piperidine rings is 1. The molecule has 2 aliphatic heterocycles. The number of nitrogens with zero attached hydrogens (tertiary/aromatic N) is 2. The second-order valence-electron chi connectivity index (χ2n) is 6.14. The van der Waals surface area contributed by atoms with Gasteiger partial charge in [-0.3, -0.25) is 9.59 Å². The number of likely N-dealkylation sites (tertiary alicyclic amines) is 1. The lowest BCUT2D eigenvalue weighted by atomic mass is 10.1. The molecule has 1 aromatic heterocycles. The van der Waals surface area contributed by atoms with E-state index in [9.17, 15) is 9.59 Å². The Labute approximate surface area is 145 Å². The van der Waals surface area contributed by atoms with E-state index in [2.05, 4.69) is 10.3 Å². The van der Waals surface area contributed by atoms with Crippen LogP contribution in [0.15, 0.2) is 10.9 Å². The van der Waals surface area contributed by atoms with Gasteiger partial charge >= 0.3 is 0 Å². The van der Waals surface area contributed by atoms with Crippen molar-refractivity contribution in [2.24, 2.45) is 0 Å². The molecular formula is C16H23N3O4S. The summed E-state index contributed by atoms with van der Waals surface area (Å²) in [4.78, 5) is 29.9. The number of hydrogen-bond donors (Lipinski definition) is 1. The normalized spacial score (nSPS) is 24.8. The Kier molecular flexibility index (Phi) is 6.17. The molecule has 8 heteroatoms. The Balaban J connectivity index is 1.49. The van der Waals surface area contributed by atoms with E-state index in [-0.39, 0.29) is 30.5 Å². The predicted octanol–water partition coefficient (Wildman–Crippen LogP) is 0.946. The van der Waals surface area contributed by atoms with E-state index >= 15 is 0 Å². The van der Waals surface area contributed by atoms with Gasteiger partial charge in [0.2, 0.25) is 11.8 Å². The maximum absolute atomic E-state index is 12.3. The number of aromatic nitrogens is 1. The molecule has 2 atom stereocenters. The highest BCUT2D eigenvalue weighted by Gasteiger charge is 2.29. The first kappa shape index (κ1) is 17.3. The molecule has 0 spiro atoms. The lowest BCUT2D eigenvalue weighted by Gasteiger charge is -2.33. The third-order valence-corrected chi connectivity index (χ3v) is 4.97. The van der Waals surface area contributed by atoms with Gasteiger partial charge < -0.3 is 19.7 Å². The van der Waals surface area contributed by atoms with Crippen LogP contribution in [-0.2, 0) is 25.7 Å². The summed E-state index contributed by atoms with van der Waals surface area (Å²) < 4.78 is 11.3. The minimum absolute atomic E-state index is 0.0692. The van der Waals surface area contributed by atoms with Crippen LogP contribution < -0.4 is 5.32 Å². The summed E-state index contributed by atoms with van der Waals surface area (Å²) in [6.45, 7) is 2.27. The lowest BCUT2D eigenvalue weighted by Crippen LogP contribution is -2.53. The zero-order valence-electron chi connectivity index (χ0n) is 13.6. The largest absolute Gasteiger partial charge is 0.379 e. The summed E-state index contributed by atoms with van der Waals surface area (Å²) in [5.74, 6) is -0.0564. The van der Waals surface area contributed by atoms with Gasteiger partial charge in [-0.15, -0.1) is 11.3 Å². The number of amides is 2. The zero-order chi connectivity index (χ0) is 16.8. The molecule has 0 aromatic carbocycles. The van der Waals surface area contributed by atoms with E-state index < -0.39 is 0 Å². The first-order valence-electron chi connectivity index (χ1n) is 8.36. The average Bonchev–Trinajstić information content (AvgIpc) is 3.10. The second kappa shape index (κ2) is 8.55. The van der Waals surface area contributed by atoms with Crippen LogP contribution in [0.3, 0.4) is 0 Å². The fourth-order valence-electron chi connectivity index (χ4n) is 3.00. The van der Waals surface area contributed by atoms with Crippen molar-refractivity contribution in [2.75, 3.05) is 26.3 Å². The zero-order valence-corrected chi connectivity index (χ0v) is 14.4. The van der Waals surface area contributed by atoms with Gasteiger partial charge in [-0.2, -0.15) is 0 Å². The SMILES string of the molecule is O=C(CN1CCCCC1=O)N[C@@H]1CCOC[C@H]1OCc1cscn1. The quantitative estimate of drug-likeness (QED) is 0.823. The number of hydrogen-bond acceptors (Lipinski definition) is 6. The molecule has 2 amide bonds. The Hall–Kier alpha value is -1.51. The number of carbonyl (C=O) groups is 2. The summed E-state index contributed by atoms with van der Waals surface area (Å²) in [5.41, 5.74) is 2.65. The molecule has 7 nitrogen and oxygen atoms in total. The highest BCUT2D eigenvalue weighted by Crippen LogP contribution is 2.15. The third-order valence-electron chi connectivity index (χ3n) is 4.34. The summed E-state index contributed by atoms with van der Waals surface area (Å²) in [7, 11) is 0. The molecule has 0 saturated carbocycles. The maximum Gasteiger partial charge on any atom is 0.239 e. The first-order chi connectivity index (χ1) is 11.7. The summed E-state index contributed by atoms with van der Waals surface area (Å²) in [6.07, 6.45) is 2.95. The monoisotopic (exact) mass is 353 g/mol. The number of ether oxygens (including phenoxy) is 2. The molecule has 0 bridgehead atoms. The van der Waals surface area contributed by atoms with Crippen molar-refractivity contribution in [2.45, 2.75) is 44.4 Å². The van der Waals surface area contributed by atoms with Crippen molar-refractivity contribution < 1.29 is 19.1 Å². The Morgan fingerprint density at radius 3 is 3.21 bits per heavy atom. The number of rotatable bonds is 6. The van der Waals surface area contributed by atoms with Crippen LogP contribution in [0, 0.1) is 0 Å². The van der Waals surface area contributed by atoms with Gasteiger partial charge in [0.1, 0.15) is 6.10 Å². The highest BCUT2D eigenvalue weighted by molar-refractivity contribution is 7.07. The van der Waals surface area contributed by atoms with Crippen LogP contribution in [-0.4, -0.2) is 60.1 Å². The molecule has 132 valence electrons. The number of carbonyl (C=O) groups excluding carboxylic acids is 2. The van der Waals surface area contributed by atoms with Crippen molar-refractivity contribution in [3.05, 3.63) is 16.6 Å². The van der Waals surface area contributed by atoms with Gasteiger partial charge in [0.25, 0.3) is 0 Å². The van der Waals surface area contributed by atoms with Crippen molar-refractivity contribution in [1.82, 2.24) is 15.2 Å². The molecule has 3 heterocycles. The standard InChI is InChI=1S/C16H23N3O4S/c20-15(7-19-5-2-1-3-16(19)21)18-13-4-6-22-9-14(13)23-8-12-10-24-11-17-12/h10-11,13-14H,1-9H2,(H,18,20)/t13-,14-/m1/s1. The van der Waals surface area contributed by atoms with Crippen LogP contribution in [0.25, 0.3) is 0 Å². The van der Waals surface area contributed by atoms with E-state index in [1.807, 2.05) is 5.38 Å². The first-order valence-corrected chi connectivity index (χ1v) is 9.30. The van der Waals surface area contributed by atoms with Crippen molar-refractivity contribution in [3.63, 3.8) is 0 Å². The van der Waals surface area contributed by atoms with E-state index in [4.69, 9.17) is 9.47 Å². The summed E-state index contributed by atoms with van der Waals surface area (Å²) in [5, 5.41) is 4.95. The molecule has 1 aromatic rings. The van der Waals surface area contributed by atoms with Crippen LogP contribution in [0.1, 0.15) is 31.4 Å². The van der Waals surface area contributed by atoms with Gasteiger partial charge in [-0.05, 0) is 19.3 Å². The van der Waals surface area contributed by atoms with Gasteiger partial charge in [-0.1, -0.05) is 0 Å². The molecule has 0 unspecified atom stereocenters. The van der Waals surface area contributed by atoms with Crippen LogP contribution in [0.4, 0.5) is 0 Å². The molecule has 2 saturated heterocycles. The highest BCUT2D eigenvalue weighted by atomic mass is 32.1. The molecule has 24 heavy (non-hydrogen) atoms. The topological polar surface area (TPSA) is 80.8 Å². The fraction of sp³-hybridized carbons (Fsp3) is 0.688. The minimum atomic E-state index is -0.193. The van der Waals surface area contributed by atoms with Gasteiger partial charge in [0, 0.05) is 25.0 Å². The van der Waals surface area contributed by atoms with Gasteiger partial charge in [0.15, 0.2) is 0 Å². The van der Waals surface area contributed by atoms with Crippen LogP contribution >= 0.6 is 11.3 Å². The molecule has 0 radical (unpaired) electrons. The second-order valence-corrected chi connectivity index (χ2v) is 6.86. The third kappa shape index (κ3) is 4.75. The molecule has 2 aliphatic rings. The average molecular weight is 353 g/mol. The van der Waals surface area contributed by atoms with E-state index in [0.717, 1.165) is 18.5 Å². The maximum atomic E-state index is 12.3. The summed E-state index contributed by atoms with van der Waals surface area (Å²) >= 11 is 1.53. The Morgan fingerprint density at radius 1 is 1.50 bits per heavy atom. The summed E-state index contributed by atoms with van der Waals surface area (Å²) in [6, 6.07) is -0.0928. The van der Waals surface area contributed by atoms with Crippen LogP contribution in [0.2, 0.25) is 0 Å². The van der Waals surface area contributed by atoms with Gasteiger partial charge in [-0.25, -0.2) is 4.98 Å². The van der Waals surface area contributed by atoms with Crippen molar-refractivity contribution in [3.8, 4) is 0 Å². The minimum Gasteiger partial charge on any atom is -0.379 e. The van der Waals surface area contributed by atoms with E-state index in [0.29, 0.717) is 39.2 Å². The van der Waals surface area contributed by atoms with Crippen molar-refractivity contribution in [1.29, 1.82) is 0 Å². The lowest BCUT2D eigenvalue weighted by molar-refractivity contribution is -0.139. The molecule has 0 aliphatic carbocycles. The Morgan fingerprint density at radius 2 is 2.42 bits per heavy atom.